The van der Waals surface area contributed by atoms with E-state index in [0.717, 1.165) is 43.4 Å². The topological polar surface area (TPSA) is 74.8 Å². The van der Waals surface area contributed by atoms with Crippen molar-refractivity contribution in [1.29, 1.82) is 0 Å². The molecule has 114 valence electrons. The summed E-state index contributed by atoms with van der Waals surface area (Å²) in [6.45, 7) is 1.86. The molecule has 21 heavy (non-hydrogen) atoms. The van der Waals surface area contributed by atoms with E-state index < -0.39 is 0 Å². The highest BCUT2D eigenvalue weighted by atomic mass is 32.2. The van der Waals surface area contributed by atoms with Crippen LogP contribution >= 0.6 is 11.8 Å². The van der Waals surface area contributed by atoms with Crippen molar-refractivity contribution in [3.05, 3.63) is 21.6 Å². The molecule has 1 saturated carbocycles. The zero-order valence-electron chi connectivity index (χ0n) is 12.3. The first kappa shape index (κ1) is 14.6. The fourth-order valence-electron chi connectivity index (χ4n) is 3.08. The van der Waals surface area contributed by atoms with Gasteiger partial charge in [-0.1, -0.05) is 24.6 Å². The molecule has 1 heterocycles. The molecule has 1 amide bonds. The maximum Gasteiger partial charge on any atom is 0.254 e. The summed E-state index contributed by atoms with van der Waals surface area (Å²) < 4.78 is 0. The molecule has 2 aliphatic rings. The summed E-state index contributed by atoms with van der Waals surface area (Å²) in [5, 5.41) is 3.41. The summed E-state index contributed by atoms with van der Waals surface area (Å²) in [4.78, 5) is 31.4. The Morgan fingerprint density at radius 2 is 2.10 bits per heavy atom. The van der Waals surface area contributed by atoms with Gasteiger partial charge in [-0.25, -0.2) is 4.98 Å². The second kappa shape index (κ2) is 6.22. The van der Waals surface area contributed by atoms with Crippen LogP contribution in [0.3, 0.4) is 0 Å². The third-order valence-corrected chi connectivity index (χ3v) is 5.26. The summed E-state index contributed by atoms with van der Waals surface area (Å²) >= 11 is 1.34. The lowest BCUT2D eigenvalue weighted by Crippen LogP contribution is -2.37. The molecule has 6 heteroatoms. The molecule has 1 atom stereocenters. The van der Waals surface area contributed by atoms with Gasteiger partial charge in [0.1, 0.15) is 0 Å². The first-order chi connectivity index (χ1) is 10.1. The molecule has 2 aliphatic carbocycles. The van der Waals surface area contributed by atoms with Gasteiger partial charge in [0, 0.05) is 11.6 Å². The Labute approximate surface area is 128 Å². The second-order valence-corrected chi connectivity index (χ2v) is 7.23. The minimum Gasteiger partial charge on any atom is -0.352 e. The third kappa shape index (κ3) is 3.31. The molecule has 1 fully saturated rings. The molecule has 1 unspecified atom stereocenters. The fraction of sp³-hybridized carbons (Fsp3) is 0.667. The summed E-state index contributed by atoms with van der Waals surface area (Å²) in [6, 6.07) is 0.326. The summed E-state index contributed by atoms with van der Waals surface area (Å²) in [7, 11) is 0. The van der Waals surface area contributed by atoms with E-state index in [-0.39, 0.29) is 16.7 Å². The number of rotatable bonds is 4. The van der Waals surface area contributed by atoms with Crippen LogP contribution in [0, 0.1) is 0 Å². The number of nitrogens with one attached hydrogen (secondary N) is 2. The molecule has 3 rings (SSSR count). The number of aromatic amines is 1. The normalized spacial score (nSPS) is 19.5. The highest BCUT2D eigenvalue weighted by Gasteiger charge is 2.23. The molecule has 0 spiro atoms. The van der Waals surface area contributed by atoms with Crippen LogP contribution in [0.15, 0.2) is 9.95 Å². The Hall–Kier alpha value is -1.30. The van der Waals surface area contributed by atoms with Gasteiger partial charge in [-0.2, -0.15) is 0 Å². The number of carbonyl (C=O) groups excluding carboxylic acids is 1. The van der Waals surface area contributed by atoms with Crippen LogP contribution in [-0.4, -0.2) is 27.2 Å². The SMILES string of the molecule is CC(Sc1nc2c(c(=O)[nH]1)CCC2)C(=O)NC1CCCC1. The van der Waals surface area contributed by atoms with Gasteiger partial charge >= 0.3 is 0 Å². The molecule has 0 radical (unpaired) electrons. The summed E-state index contributed by atoms with van der Waals surface area (Å²) in [5.41, 5.74) is 1.69. The largest absolute Gasteiger partial charge is 0.352 e. The van der Waals surface area contributed by atoms with Gasteiger partial charge in [-0.05, 0) is 39.0 Å². The zero-order valence-corrected chi connectivity index (χ0v) is 13.1. The van der Waals surface area contributed by atoms with E-state index in [2.05, 4.69) is 15.3 Å². The smallest absolute Gasteiger partial charge is 0.254 e. The minimum atomic E-state index is -0.242. The van der Waals surface area contributed by atoms with Crippen molar-refractivity contribution in [2.24, 2.45) is 0 Å². The van der Waals surface area contributed by atoms with Gasteiger partial charge in [0.2, 0.25) is 5.91 Å². The van der Waals surface area contributed by atoms with E-state index in [9.17, 15) is 9.59 Å². The fourth-order valence-corrected chi connectivity index (χ4v) is 3.91. The van der Waals surface area contributed by atoms with Gasteiger partial charge in [-0.15, -0.1) is 0 Å². The lowest BCUT2D eigenvalue weighted by molar-refractivity contribution is -0.120. The highest BCUT2D eigenvalue weighted by Crippen LogP contribution is 2.24. The molecule has 2 N–H and O–H groups in total. The van der Waals surface area contributed by atoms with Crippen molar-refractivity contribution < 1.29 is 4.79 Å². The number of aromatic nitrogens is 2. The lowest BCUT2D eigenvalue weighted by atomic mass is 10.2. The molecule has 0 aliphatic heterocycles. The van der Waals surface area contributed by atoms with E-state index in [1.54, 1.807) is 0 Å². The van der Waals surface area contributed by atoms with Crippen molar-refractivity contribution in [1.82, 2.24) is 15.3 Å². The van der Waals surface area contributed by atoms with E-state index >= 15 is 0 Å². The zero-order chi connectivity index (χ0) is 14.8. The predicted octanol–water partition coefficient (Wildman–Crippen LogP) is 1.80. The number of fused-ring (bicyclic) bond motifs is 1. The number of aryl methyl sites for hydroxylation is 1. The third-order valence-electron chi connectivity index (χ3n) is 4.28. The minimum absolute atomic E-state index is 0.0371. The van der Waals surface area contributed by atoms with Gasteiger partial charge in [0.15, 0.2) is 5.16 Å². The Bertz CT molecular complexity index is 593. The molecular weight excluding hydrogens is 286 g/mol. The van der Waals surface area contributed by atoms with E-state index in [4.69, 9.17) is 0 Å². The molecule has 0 aromatic carbocycles. The van der Waals surface area contributed by atoms with E-state index in [1.165, 1.54) is 24.6 Å². The molecule has 1 aromatic rings. The van der Waals surface area contributed by atoms with Crippen molar-refractivity contribution >= 4 is 17.7 Å². The van der Waals surface area contributed by atoms with Crippen molar-refractivity contribution in [2.75, 3.05) is 0 Å². The summed E-state index contributed by atoms with van der Waals surface area (Å²) in [6.07, 6.45) is 7.25. The van der Waals surface area contributed by atoms with Crippen molar-refractivity contribution in [3.63, 3.8) is 0 Å². The molecule has 0 saturated heterocycles. The average Bonchev–Trinajstić information content (AvgIpc) is 3.09. The standard InChI is InChI=1S/C15H21N3O2S/c1-9(13(19)16-10-5-2-3-6-10)21-15-17-12-8-4-7-11(12)14(20)18-15/h9-10H,2-8H2,1H3,(H,16,19)(H,17,18,20). The number of hydrogen-bond donors (Lipinski definition) is 2. The number of carbonyl (C=O) groups is 1. The van der Waals surface area contributed by atoms with Crippen LogP contribution in [0.1, 0.15) is 50.3 Å². The highest BCUT2D eigenvalue weighted by molar-refractivity contribution is 8.00. The summed E-state index contributed by atoms with van der Waals surface area (Å²) in [5.74, 6) is 0.0371. The predicted molar refractivity (Wildman–Crippen MR) is 82.6 cm³/mol. The van der Waals surface area contributed by atoms with Gasteiger partial charge in [0.05, 0.1) is 10.9 Å². The van der Waals surface area contributed by atoms with Gasteiger partial charge in [-0.3, -0.25) is 9.59 Å². The number of amides is 1. The van der Waals surface area contributed by atoms with Crippen LogP contribution in [0.25, 0.3) is 0 Å². The molecular formula is C15H21N3O2S. The molecule has 1 aromatic heterocycles. The second-order valence-electron chi connectivity index (χ2n) is 5.90. The van der Waals surface area contributed by atoms with Gasteiger partial charge < -0.3 is 10.3 Å². The van der Waals surface area contributed by atoms with Crippen LogP contribution in [0.5, 0.6) is 0 Å². The first-order valence-corrected chi connectivity index (χ1v) is 8.60. The Morgan fingerprint density at radius 1 is 1.33 bits per heavy atom. The van der Waals surface area contributed by atoms with Crippen LogP contribution in [0.2, 0.25) is 0 Å². The average molecular weight is 307 g/mol. The number of hydrogen-bond acceptors (Lipinski definition) is 4. The molecule has 0 bridgehead atoms. The maximum atomic E-state index is 12.2. The Morgan fingerprint density at radius 3 is 2.86 bits per heavy atom. The van der Waals surface area contributed by atoms with Crippen molar-refractivity contribution in [2.45, 2.75) is 68.3 Å². The number of H-pyrrole nitrogens is 1. The van der Waals surface area contributed by atoms with Gasteiger partial charge in [0.25, 0.3) is 5.56 Å². The molecule has 5 nitrogen and oxygen atoms in total. The van der Waals surface area contributed by atoms with Crippen LogP contribution in [0.4, 0.5) is 0 Å². The van der Waals surface area contributed by atoms with Crippen LogP contribution < -0.4 is 10.9 Å². The first-order valence-electron chi connectivity index (χ1n) is 7.72. The van der Waals surface area contributed by atoms with E-state index in [0.29, 0.717) is 11.2 Å². The maximum absolute atomic E-state index is 12.2. The number of thioether (sulfide) groups is 1. The quantitative estimate of drug-likeness (QED) is 0.657. The monoisotopic (exact) mass is 307 g/mol. The van der Waals surface area contributed by atoms with Crippen LogP contribution in [-0.2, 0) is 17.6 Å². The van der Waals surface area contributed by atoms with Crippen molar-refractivity contribution in [3.8, 4) is 0 Å². The Balaban J connectivity index is 1.64. The Kier molecular flexibility index (Phi) is 4.33. The van der Waals surface area contributed by atoms with E-state index in [1.807, 2.05) is 6.92 Å². The lowest BCUT2D eigenvalue weighted by Gasteiger charge is -2.16. The number of nitrogens with zero attached hydrogens (tertiary/aromatic N) is 1.